The first kappa shape index (κ1) is 23.5. The Morgan fingerprint density at radius 3 is 2.61 bits per heavy atom. The molecule has 1 N–H and O–H groups in total. The smallest absolute Gasteiger partial charge is 0.251 e. The predicted octanol–water partition coefficient (Wildman–Crippen LogP) is 6.49. The minimum Gasteiger partial charge on any atom is -0.486 e. The molecule has 0 aliphatic carbocycles. The second kappa shape index (κ2) is 10.6. The lowest BCUT2D eigenvalue weighted by Crippen LogP contribution is -2.24. The van der Waals surface area contributed by atoms with Gasteiger partial charge in [0, 0.05) is 17.7 Å². The van der Waals surface area contributed by atoms with Crippen LogP contribution in [0, 0.1) is 5.82 Å². The van der Waals surface area contributed by atoms with Crippen LogP contribution in [0.3, 0.4) is 0 Å². The van der Waals surface area contributed by atoms with Gasteiger partial charge < -0.3 is 14.6 Å². The van der Waals surface area contributed by atoms with Crippen molar-refractivity contribution in [3.63, 3.8) is 0 Å². The summed E-state index contributed by atoms with van der Waals surface area (Å²) in [7, 11) is 0. The Kier molecular flexibility index (Phi) is 6.94. The van der Waals surface area contributed by atoms with Crippen LogP contribution in [0.1, 0.15) is 41.5 Å². The Morgan fingerprint density at radius 1 is 0.972 bits per heavy atom. The molecule has 0 unspecified atom stereocenters. The summed E-state index contributed by atoms with van der Waals surface area (Å²) in [6.45, 7) is 3.24. The summed E-state index contributed by atoms with van der Waals surface area (Å²) < 4.78 is 22.6. The van der Waals surface area contributed by atoms with E-state index in [2.05, 4.69) is 18.3 Å². The van der Waals surface area contributed by atoms with Gasteiger partial charge in [-0.3, -0.25) is 4.79 Å². The van der Waals surface area contributed by atoms with E-state index in [1.54, 1.807) is 24.3 Å². The highest BCUT2D eigenvalue weighted by Gasteiger charge is 2.16. The fraction of sp³-hybridized carbons (Fsp3) is 0.200. The van der Waals surface area contributed by atoms with Crippen molar-refractivity contribution in [2.75, 3.05) is 6.54 Å². The number of halogens is 1. The van der Waals surface area contributed by atoms with Gasteiger partial charge in [-0.25, -0.2) is 9.37 Å². The van der Waals surface area contributed by atoms with E-state index in [1.807, 2.05) is 53.1 Å². The van der Waals surface area contributed by atoms with E-state index in [4.69, 9.17) is 9.72 Å². The standard InChI is InChI=1S/C30H28FN3O2/c1-2-3-16-32-30(35)23-13-15-28-27(18-23)33-29(34(28)19-24-10-6-7-11-26(24)31)20-36-25-14-12-21-8-4-5-9-22(21)17-25/h4-15,17-18H,2-3,16,19-20H2,1H3,(H,32,35). The normalized spacial score (nSPS) is 11.2. The molecule has 0 saturated heterocycles. The summed E-state index contributed by atoms with van der Waals surface area (Å²) in [5.74, 6) is 0.995. The van der Waals surface area contributed by atoms with Crippen LogP contribution in [0.4, 0.5) is 4.39 Å². The third-order valence-electron chi connectivity index (χ3n) is 6.28. The number of rotatable bonds is 9. The summed E-state index contributed by atoms with van der Waals surface area (Å²) in [4.78, 5) is 17.4. The van der Waals surface area contributed by atoms with Gasteiger partial charge in [0.15, 0.2) is 0 Å². The largest absolute Gasteiger partial charge is 0.486 e. The number of hydrogen-bond donors (Lipinski definition) is 1. The van der Waals surface area contributed by atoms with Crippen molar-refractivity contribution in [3.05, 3.63) is 108 Å². The fourth-order valence-electron chi connectivity index (χ4n) is 4.29. The zero-order chi connectivity index (χ0) is 24.9. The minimum atomic E-state index is -0.271. The van der Waals surface area contributed by atoms with Crippen LogP contribution < -0.4 is 10.1 Å². The monoisotopic (exact) mass is 481 g/mol. The van der Waals surface area contributed by atoms with Gasteiger partial charge in [0.1, 0.15) is 24.0 Å². The molecule has 4 aromatic carbocycles. The Labute approximate surface area is 209 Å². The summed E-state index contributed by atoms with van der Waals surface area (Å²) >= 11 is 0. The first-order valence-corrected chi connectivity index (χ1v) is 12.2. The van der Waals surface area contributed by atoms with Gasteiger partial charge in [0.05, 0.1) is 17.6 Å². The molecular weight excluding hydrogens is 453 g/mol. The molecule has 0 aliphatic heterocycles. The minimum absolute atomic E-state index is 0.122. The Bertz CT molecular complexity index is 1530. The van der Waals surface area contributed by atoms with Crippen molar-refractivity contribution in [3.8, 4) is 5.75 Å². The highest BCUT2D eigenvalue weighted by Crippen LogP contribution is 2.24. The Balaban J connectivity index is 1.46. The number of ether oxygens (including phenoxy) is 1. The molecule has 5 rings (SSSR count). The molecular formula is C30H28FN3O2. The number of carbonyl (C=O) groups is 1. The number of amides is 1. The van der Waals surface area contributed by atoms with E-state index in [0.29, 0.717) is 35.6 Å². The zero-order valence-electron chi connectivity index (χ0n) is 20.2. The molecule has 0 spiro atoms. The molecule has 0 saturated carbocycles. The molecule has 0 bridgehead atoms. The number of aromatic nitrogens is 2. The molecule has 0 atom stereocenters. The maximum Gasteiger partial charge on any atom is 0.251 e. The van der Waals surface area contributed by atoms with Gasteiger partial charge in [-0.1, -0.05) is 61.9 Å². The summed E-state index contributed by atoms with van der Waals surface area (Å²) in [6, 6.07) is 26.2. The lowest BCUT2D eigenvalue weighted by Gasteiger charge is -2.12. The number of nitrogens with zero attached hydrogens (tertiary/aromatic N) is 2. The highest BCUT2D eigenvalue weighted by molar-refractivity contribution is 5.97. The predicted molar refractivity (Wildman–Crippen MR) is 141 cm³/mol. The average Bonchev–Trinajstić information content (AvgIpc) is 3.25. The maximum atomic E-state index is 14.5. The maximum absolute atomic E-state index is 14.5. The number of benzene rings is 4. The van der Waals surface area contributed by atoms with Crippen molar-refractivity contribution >= 4 is 27.7 Å². The molecule has 6 heteroatoms. The van der Waals surface area contributed by atoms with Crippen LogP contribution in [0.15, 0.2) is 84.9 Å². The first-order chi connectivity index (χ1) is 17.6. The molecule has 1 heterocycles. The first-order valence-electron chi connectivity index (χ1n) is 12.2. The second-order valence-corrected chi connectivity index (χ2v) is 8.82. The number of carbonyl (C=O) groups excluding carboxylic acids is 1. The number of imidazole rings is 1. The third kappa shape index (κ3) is 5.08. The van der Waals surface area contributed by atoms with Crippen LogP contribution in [-0.4, -0.2) is 22.0 Å². The van der Waals surface area contributed by atoms with E-state index >= 15 is 0 Å². The molecule has 1 aromatic heterocycles. The van der Waals surface area contributed by atoms with Gasteiger partial charge >= 0.3 is 0 Å². The summed E-state index contributed by atoms with van der Waals surface area (Å²) in [6.07, 6.45) is 1.95. The van der Waals surface area contributed by atoms with Gasteiger partial charge in [0.2, 0.25) is 0 Å². The zero-order valence-corrected chi connectivity index (χ0v) is 20.2. The fourth-order valence-corrected chi connectivity index (χ4v) is 4.29. The molecule has 5 nitrogen and oxygen atoms in total. The van der Waals surface area contributed by atoms with Gasteiger partial charge in [-0.15, -0.1) is 0 Å². The number of nitrogens with one attached hydrogen (secondary N) is 1. The average molecular weight is 482 g/mol. The molecule has 1 amide bonds. The van der Waals surface area contributed by atoms with Crippen molar-refractivity contribution in [2.24, 2.45) is 0 Å². The summed E-state index contributed by atoms with van der Waals surface area (Å²) in [5, 5.41) is 5.18. The highest BCUT2D eigenvalue weighted by atomic mass is 19.1. The lowest BCUT2D eigenvalue weighted by molar-refractivity contribution is 0.0953. The van der Waals surface area contributed by atoms with Crippen LogP contribution in [0.25, 0.3) is 21.8 Å². The van der Waals surface area contributed by atoms with Crippen molar-refractivity contribution in [1.29, 1.82) is 0 Å². The van der Waals surface area contributed by atoms with Crippen LogP contribution in [0.2, 0.25) is 0 Å². The molecule has 182 valence electrons. The Morgan fingerprint density at radius 2 is 1.78 bits per heavy atom. The van der Waals surface area contributed by atoms with E-state index in [-0.39, 0.29) is 18.3 Å². The quantitative estimate of drug-likeness (QED) is 0.245. The van der Waals surface area contributed by atoms with E-state index in [0.717, 1.165) is 34.9 Å². The van der Waals surface area contributed by atoms with Crippen molar-refractivity contribution in [1.82, 2.24) is 14.9 Å². The SMILES string of the molecule is CCCCNC(=O)c1ccc2c(c1)nc(COc1ccc3ccccc3c1)n2Cc1ccccc1F. The van der Waals surface area contributed by atoms with E-state index in [9.17, 15) is 9.18 Å². The van der Waals surface area contributed by atoms with Gasteiger partial charge in [-0.05, 0) is 53.6 Å². The molecule has 0 fully saturated rings. The number of unbranched alkanes of at least 4 members (excludes halogenated alkanes) is 1. The van der Waals surface area contributed by atoms with Crippen LogP contribution >= 0.6 is 0 Å². The third-order valence-corrected chi connectivity index (χ3v) is 6.28. The van der Waals surface area contributed by atoms with Crippen LogP contribution in [-0.2, 0) is 13.2 Å². The van der Waals surface area contributed by atoms with Crippen LogP contribution in [0.5, 0.6) is 5.75 Å². The molecule has 5 aromatic rings. The number of hydrogen-bond acceptors (Lipinski definition) is 3. The van der Waals surface area contributed by atoms with Crippen molar-refractivity contribution < 1.29 is 13.9 Å². The van der Waals surface area contributed by atoms with E-state index in [1.165, 1.54) is 6.07 Å². The number of fused-ring (bicyclic) bond motifs is 2. The summed E-state index contributed by atoms with van der Waals surface area (Å²) in [5.41, 5.74) is 2.60. The van der Waals surface area contributed by atoms with E-state index < -0.39 is 0 Å². The molecule has 36 heavy (non-hydrogen) atoms. The molecule has 0 radical (unpaired) electrons. The Hall–Kier alpha value is -4.19. The van der Waals surface area contributed by atoms with Gasteiger partial charge in [-0.2, -0.15) is 0 Å². The van der Waals surface area contributed by atoms with Crippen molar-refractivity contribution in [2.45, 2.75) is 32.9 Å². The van der Waals surface area contributed by atoms with Gasteiger partial charge in [0.25, 0.3) is 5.91 Å². The second-order valence-electron chi connectivity index (χ2n) is 8.82. The lowest BCUT2D eigenvalue weighted by atomic mass is 10.1. The molecule has 0 aliphatic rings. The topological polar surface area (TPSA) is 56.1 Å².